The molecule has 0 aliphatic carbocycles. The summed E-state index contributed by atoms with van der Waals surface area (Å²) >= 11 is 0. The number of hydrogen-bond acceptors (Lipinski definition) is 3. The fourth-order valence-corrected chi connectivity index (χ4v) is 2.86. The van der Waals surface area contributed by atoms with E-state index in [9.17, 15) is 0 Å². The van der Waals surface area contributed by atoms with Crippen LogP contribution in [0.4, 0.5) is 0 Å². The number of rotatable bonds is 3. The third-order valence-corrected chi connectivity index (χ3v) is 3.82. The van der Waals surface area contributed by atoms with Gasteiger partial charge in [0.1, 0.15) is 11.5 Å². The Kier molecular flexibility index (Phi) is 3.61. The Balaban J connectivity index is 2.12. The molecule has 3 nitrogen and oxygen atoms in total. The molecule has 1 aliphatic rings. The molecule has 1 aliphatic heterocycles. The molecule has 3 heteroatoms. The van der Waals surface area contributed by atoms with E-state index in [1.54, 1.807) is 14.2 Å². The molecule has 0 aromatic heterocycles. The van der Waals surface area contributed by atoms with Crippen LogP contribution < -0.4 is 14.8 Å². The summed E-state index contributed by atoms with van der Waals surface area (Å²) in [7, 11) is 3.41. The van der Waals surface area contributed by atoms with Gasteiger partial charge in [-0.1, -0.05) is 30.3 Å². The third-order valence-electron chi connectivity index (χ3n) is 3.82. The molecular formula is C17H19NO2. The maximum absolute atomic E-state index is 5.59. The molecule has 0 saturated heterocycles. The predicted octanol–water partition coefficient (Wildman–Crippen LogP) is 2.94. The zero-order chi connectivity index (χ0) is 13.9. The van der Waals surface area contributed by atoms with E-state index in [2.05, 4.69) is 35.6 Å². The van der Waals surface area contributed by atoms with E-state index in [1.165, 1.54) is 16.7 Å². The quantitative estimate of drug-likeness (QED) is 0.929. The van der Waals surface area contributed by atoms with Crippen LogP contribution in [0.3, 0.4) is 0 Å². The average Bonchev–Trinajstić information content (AvgIpc) is 2.53. The summed E-state index contributed by atoms with van der Waals surface area (Å²) in [4.78, 5) is 0. The third kappa shape index (κ3) is 2.25. The van der Waals surface area contributed by atoms with Crippen molar-refractivity contribution in [2.75, 3.05) is 20.8 Å². The van der Waals surface area contributed by atoms with Gasteiger partial charge in [0.15, 0.2) is 0 Å². The summed E-state index contributed by atoms with van der Waals surface area (Å²) in [6, 6.07) is 14.7. The van der Waals surface area contributed by atoms with Crippen LogP contribution in [0.2, 0.25) is 0 Å². The van der Waals surface area contributed by atoms with Crippen LogP contribution in [0.25, 0.3) is 0 Å². The number of ether oxygens (including phenoxy) is 2. The molecule has 0 saturated carbocycles. The standard InChI is InChI=1S/C17H19NO2/c1-19-14-10-13-8-9-18-17(12-6-4-3-5-7-12)16(13)15(11-14)20-2/h3-7,10-11,17-18H,8-9H2,1-2H3. The Bertz CT molecular complexity index is 578. The summed E-state index contributed by atoms with van der Waals surface area (Å²) in [5, 5.41) is 3.58. The summed E-state index contributed by atoms with van der Waals surface area (Å²) in [5.41, 5.74) is 3.79. The lowest BCUT2D eigenvalue weighted by atomic mass is 9.89. The first-order valence-corrected chi connectivity index (χ1v) is 6.86. The normalized spacial score (nSPS) is 17.4. The molecule has 3 rings (SSSR count). The van der Waals surface area contributed by atoms with E-state index in [0.717, 1.165) is 24.5 Å². The van der Waals surface area contributed by atoms with Crippen molar-refractivity contribution >= 4 is 0 Å². The topological polar surface area (TPSA) is 30.5 Å². The lowest BCUT2D eigenvalue weighted by Gasteiger charge is -2.29. The van der Waals surface area contributed by atoms with Crippen molar-refractivity contribution in [2.45, 2.75) is 12.5 Å². The first-order chi connectivity index (χ1) is 9.83. The molecule has 2 aromatic carbocycles. The summed E-state index contributed by atoms with van der Waals surface area (Å²) in [5.74, 6) is 1.75. The number of fused-ring (bicyclic) bond motifs is 1. The molecule has 1 atom stereocenters. The van der Waals surface area contributed by atoms with E-state index in [0.29, 0.717) is 0 Å². The molecule has 20 heavy (non-hydrogen) atoms. The van der Waals surface area contributed by atoms with Crippen LogP contribution in [-0.2, 0) is 6.42 Å². The molecule has 1 N–H and O–H groups in total. The van der Waals surface area contributed by atoms with Gasteiger partial charge in [-0.25, -0.2) is 0 Å². The Morgan fingerprint density at radius 2 is 1.85 bits per heavy atom. The van der Waals surface area contributed by atoms with Crippen molar-refractivity contribution in [2.24, 2.45) is 0 Å². The monoisotopic (exact) mass is 269 g/mol. The van der Waals surface area contributed by atoms with Crippen molar-refractivity contribution in [3.8, 4) is 11.5 Å². The van der Waals surface area contributed by atoms with E-state index in [4.69, 9.17) is 9.47 Å². The molecule has 0 bridgehead atoms. The van der Waals surface area contributed by atoms with Gasteiger partial charge < -0.3 is 14.8 Å². The van der Waals surface area contributed by atoms with Gasteiger partial charge in [-0.05, 0) is 23.6 Å². The van der Waals surface area contributed by atoms with Crippen molar-refractivity contribution in [1.29, 1.82) is 0 Å². The largest absolute Gasteiger partial charge is 0.497 e. The minimum Gasteiger partial charge on any atom is -0.497 e. The van der Waals surface area contributed by atoms with Crippen molar-refractivity contribution in [3.05, 3.63) is 59.2 Å². The molecule has 0 spiro atoms. The van der Waals surface area contributed by atoms with Gasteiger partial charge >= 0.3 is 0 Å². The second-order valence-electron chi connectivity index (χ2n) is 4.95. The highest BCUT2D eigenvalue weighted by molar-refractivity contribution is 5.52. The molecule has 1 unspecified atom stereocenters. The van der Waals surface area contributed by atoms with Gasteiger partial charge in [0, 0.05) is 18.2 Å². The van der Waals surface area contributed by atoms with E-state index >= 15 is 0 Å². The minimum absolute atomic E-state index is 0.181. The predicted molar refractivity (Wildman–Crippen MR) is 79.5 cm³/mol. The number of hydrogen-bond donors (Lipinski definition) is 1. The van der Waals surface area contributed by atoms with E-state index < -0.39 is 0 Å². The van der Waals surface area contributed by atoms with Crippen LogP contribution >= 0.6 is 0 Å². The second-order valence-corrected chi connectivity index (χ2v) is 4.95. The van der Waals surface area contributed by atoms with E-state index in [-0.39, 0.29) is 6.04 Å². The van der Waals surface area contributed by atoms with Crippen molar-refractivity contribution < 1.29 is 9.47 Å². The zero-order valence-corrected chi connectivity index (χ0v) is 11.8. The SMILES string of the molecule is COc1cc2c(c(OC)c1)C(c1ccccc1)NCC2. The highest BCUT2D eigenvalue weighted by Crippen LogP contribution is 2.38. The summed E-state index contributed by atoms with van der Waals surface area (Å²) in [6.45, 7) is 0.961. The van der Waals surface area contributed by atoms with Crippen LogP contribution in [0.5, 0.6) is 11.5 Å². The smallest absolute Gasteiger partial charge is 0.127 e. The summed E-state index contributed by atoms with van der Waals surface area (Å²) in [6.07, 6.45) is 0.992. The number of benzene rings is 2. The molecule has 0 radical (unpaired) electrons. The fraction of sp³-hybridized carbons (Fsp3) is 0.294. The van der Waals surface area contributed by atoms with Gasteiger partial charge in [-0.15, -0.1) is 0 Å². The Hall–Kier alpha value is -2.00. The highest BCUT2D eigenvalue weighted by Gasteiger charge is 2.25. The first kappa shape index (κ1) is 13.0. The zero-order valence-electron chi connectivity index (χ0n) is 11.8. The maximum atomic E-state index is 5.59. The van der Waals surface area contributed by atoms with Crippen LogP contribution in [-0.4, -0.2) is 20.8 Å². The second kappa shape index (κ2) is 5.55. The van der Waals surface area contributed by atoms with Gasteiger partial charge in [0.05, 0.1) is 20.3 Å². The fourth-order valence-electron chi connectivity index (χ4n) is 2.86. The Labute approximate surface area is 119 Å². The van der Waals surface area contributed by atoms with Crippen molar-refractivity contribution in [3.63, 3.8) is 0 Å². The lowest BCUT2D eigenvalue weighted by molar-refractivity contribution is 0.382. The number of nitrogens with one attached hydrogen (secondary N) is 1. The van der Waals surface area contributed by atoms with Gasteiger partial charge in [0.25, 0.3) is 0 Å². The first-order valence-electron chi connectivity index (χ1n) is 6.86. The van der Waals surface area contributed by atoms with Crippen molar-refractivity contribution in [1.82, 2.24) is 5.32 Å². The molecule has 2 aromatic rings. The van der Waals surface area contributed by atoms with Crippen LogP contribution in [0.15, 0.2) is 42.5 Å². The maximum Gasteiger partial charge on any atom is 0.127 e. The van der Waals surface area contributed by atoms with Crippen LogP contribution in [0, 0.1) is 0 Å². The Morgan fingerprint density at radius 1 is 1.05 bits per heavy atom. The lowest BCUT2D eigenvalue weighted by Crippen LogP contribution is -2.31. The van der Waals surface area contributed by atoms with E-state index in [1.807, 2.05) is 12.1 Å². The summed E-state index contributed by atoms with van der Waals surface area (Å²) < 4.78 is 11.0. The van der Waals surface area contributed by atoms with Gasteiger partial charge in [-0.3, -0.25) is 0 Å². The van der Waals surface area contributed by atoms with Gasteiger partial charge in [-0.2, -0.15) is 0 Å². The number of methoxy groups -OCH3 is 2. The molecule has 0 fully saturated rings. The molecule has 1 heterocycles. The van der Waals surface area contributed by atoms with Gasteiger partial charge in [0.2, 0.25) is 0 Å². The molecule has 104 valence electrons. The molecule has 0 amide bonds. The minimum atomic E-state index is 0.181. The Morgan fingerprint density at radius 3 is 2.55 bits per heavy atom. The average molecular weight is 269 g/mol. The van der Waals surface area contributed by atoms with Crippen LogP contribution in [0.1, 0.15) is 22.7 Å². The highest BCUT2D eigenvalue weighted by atomic mass is 16.5. The molecular weight excluding hydrogens is 250 g/mol.